The van der Waals surface area contributed by atoms with Crippen molar-refractivity contribution in [2.45, 2.75) is 54.0 Å². The largest absolute Gasteiger partial charge is 0.384 e. The summed E-state index contributed by atoms with van der Waals surface area (Å²) in [5.74, 6) is 0. The number of nitrogens with two attached hydrogens (primary N) is 1. The van der Waals surface area contributed by atoms with Gasteiger partial charge >= 0.3 is 0 Å². The summed E-state index contributed by atoms with van der Waals surface area (Å²) in [7, 11) is 0. The molecule has 1 heterocycles. The molecule has 17 heavy (non-hydrogen) atoms. The fourth-order valence-electron chi connectivity index (χ4n) is 1.96. The van der Waals surface area contributed by atoms with Gasteiger partial charge in [0.2, 0.25) is 0 Å². The highest BCUT2D eigenvalue weighted by atomic mass is 14.9. The molecule has 1 aliphatic rings. The lowest BCUT2D eigenvalue weighted by molar-refractivity contribution is 0.998. The van der Waals surface area contributed by atoms with Gasteiger partial charge in [0.25, 0.3) is 0 Å². The third kappa shape index (κ3) is 4.04. The molecular weight excluding hydrogens is 208 g/mol. The first-order valence-electron chi connectivity index (χ1n) is 6.93. The van der Waals surface area contributed by atoms with Crippen LogP contribution >= 0.6 is 0 Å². The van der Waals surface area contributed by atoms with Gasteiger partial charge < -0.3 is 11.1 Å². The highest BCUT2D eigenvalue weighted by Gasteiger charge is 2.12. The summed E-state index contributed by atoms with van der Waals surface area (Å²) in [5.41, 5.74) is 11.1. The standard InChI is InChI=1S/C11H16N2.2C2H6/c1-2-8-5-9-3-4-13-11(9)6-10(8)7-12;2*1-2/h5-6,13H,2-4,7,12H2,1H3;2*1-2H3. The topological polar surface area (TPSA) is 38.0 Å². The van der Waals surface area contributed by atoms with Crippen LogP contribution in [0, 0.1) is 0 Å². The number of hydrogen-bond acceptors (Lipinski definition) is 2. The van der Waals surface area contributed by atoms with Gasteiger partial charge in [-0.1, -0.05) is 40.7 Å². The quantitative estimate of drug-likeness (QED) is 0.821. The van der Waals surface area contributed by atoms with E-state index in [9.17, 15) is 0 Å². The maximum absolute atomic E-state index is 5.69. The van der Waals surface area contributed by atoms with Crippen molar-refractivity contribution >= 4 is 5.69 Å². The molecule has 1 aromatic rings. The third-order valence-electron chi connectivity index (χ3n) is 2.74. The van der Waals surface area contributed by atoms with E-state index in [0.717, 1.165) is 19.4 Å². The zero-order chi connectivity index (χ0) is 13.3. The molecule has 0 aromatic heterocycles. The van der Waals surface area contributed by atoms with Gasteiger partial charge in [0.15, 0.2) is 0 Å². The first-order chi connectivity index (χ1) is 8.35. The molecule has 0 saturated heterocycles. The predicted molar refractivity (Wildman–Crippen MR) is 78.6 cm³/mol. The van der Waals surface area contributed by atoms with Gasteiger partial charge in [-0.25, -0.2) is 0 Å². The molecule has 3 N–H and O–H groups in total. The minimum Gasteiger partial charge on any atom is -0.384 e. The fourth-order valence-corrected chi connectivity index (χ4v) is 1.96. The van der Waals surface area contributed by atoms with Crippen molar-refractivity contribution in [3.8, 4) is 0 Å². The lowest BCUT2D eigenvalue weighted by Crippen LogP contribution is -2.02. The molecule has 0 aliphatic carbocycles. The Labute approximate surface area is 107 Å². The van der Waals surface area contributed by atoms with Crippen molar-refractivity contribution in [2.75, 3.05) is 11.9 Å². The van der Waals surface area contributed by atoms with Crippen molar-refractivity contribution in [1.29, 1.82) is 0 Å². The molecule has 0 fully saturated rings. The van der Waals surface area contributed by atoms with Gasteiger partial charge in [0, 0.05) is 18.8 Å². The second-order valence-electron chi connectivity index (χ2n) is 3.51. The van der Waals surface area contributed by atoms with E-state index in [4.69, 9.17) is 5.73 Å². The number of rotatable bonds is 2. The van der Waals surface area contributed by atoms with Crippen LogP contribution in [0.2, 0.25) is 0 Å². The van der Waals surface area contributed by atoms with Crippen LogP contribution in [0.15, 0.2) is 12.1 Å². The minimum absolute atomic E-state index is 0.651. The van der Waals surface area contributed by atoms with Crippen molar-refractivity contribution < 1.29 is 0 Å². The lowest BCUT2D eigenvalue weighted by atomic mass is 10.0. The minimum atomic E-state index is 0.651. The molecular formula is C15H28N2. The first-order valence-corrected chi connectivity index (χ1v) is 6.93. The Bertz CT molecular complexity index is 288. The van der Waals surface area contributed by atoms with Crippen LogP contribution in [0.3, 0.4) is 0 Å². The van der Waals surface area contributed by atoms with Gasteiger partial charge in [-0.3, -0.25) is 0 Å². The molecule has 98 valence electrons. The number of fused-ring (bicyclic) bond motifs is 1. The molecule has 2 rings (SSSR count). The van der Waals surface area contributed by atoms with E-state index < -0.39 is 0 Å². The second-order valence-corrected chi connectivity index (χ2v) is 3.51. The van der Waals surface area contributed by atoms with Gasteiger partial charge in [-0.15, -0.1) is 0 Å². The number of hydrogen-bond donors (Lipinski definition) is 2. The molecule has 0 atom stereocenters. The summed E-state index contributed by atoms with van der Waals surface area (Å²) in [6.45, 7) is 11.9. The van der Waals surface area contributed by atoms with Gasteiger partial charge in [0.1, 0.15) is 0 Å². The number of anilines is 1. The van der Waals surface area contributed by atoms with Crippen LogP contribution in [-0.4, -0.2) is 6.54 Å². The summed E-state index contributed by atoms with van der Waals surface area (Å²) in [6.07, 6.45) is 2.24. The van der Waals surface area contributed by atoms with Gasteiger partial charge in [0.05, 0.1) is 0 Å². The molecule has 0 amide bonds. The van der Waals surface area contributed by atoms with Gasteiger partial charge in [-0.2, -0.15) is 0 Å². The molecule has 0 saturated carbocycles. The molecule has 2 heteroatoms. The van der Waals surface area contributed by atoms with E-state index in [0.29, 0.717) is 6.54 Å². The fraction of sp³-hybridized carbons (Fsp3) is 0.600. The monoisotopic (exact) mass is 236 g/mol. The zero-order valence-electron chi connectivity index (χ0n) is 12.1. The van der Waals surface area contributed by atoms with Crippen LogP contribution in [0.25, 0.3) is 0 Å². The number of benzene rings is 1. The normalized spacial score (nSPS) is 11.4. The van der Waals surface area contributed by atoms with E-state index in [1.54, 1.807) is 0 Å². The Hall–Kier alpha value is -1.02. The van der Waals surface area contributed by atoms with Crippen molar-refractivity contribution in [1.82, 2.24) is 0 Å². The molecule has 1 aromatic carbocycles. The van der Waals surface area contributed by atoms with Crippen LogP contribution in [-0.2, 0) is 19.4 Å². The third-order valence-corrected chi connectivity index (χ3v) is 2.74. The summed E-state index contributed by atoms with van der Waals surface area (Å²) in [5, 5.41) is 3.37. The SMILES string of the molecule is CC.CC.CCc1cc2c(cc1CN)NCC2. The van der Waals surface area contributed by atoms with Crippen molar-refractivity contribution in [3.05, 3.63) is 28.8 Å². The lowest BCUT2D eigenvalue weighted by Gasteiger charge is -2.08. The van der Waals surface area contributed by atoms with E-state index in [2.05, 4.69) is 24.4 Å². The smallest absolute Gasteiger partial charge is 0.0376 e. The zero-order valence-corrected chi connectivity index (χ0v) is 12.1. The molecule has 0 unspecified atom stereocenters. The maximum atomic E-state index is 5.69. The number of nitrogens with one attached hydrogen (secondary N) is 1. The van der Waals surface area contributed by atoms with E-state index in [1.807, 2.05) is 27.7 Å². The highest BCUT2D eigenvalue weighted by molar-refractivity contribution is 5.59. The van der Waals surface area contributed by atoms with Crippen LogP contribution in [0.1, 0.15) is 51.3 Å². The predicted octanol–water partition coefficient (Wildman–Crippen LogP) is 3.73. The van der Waals surface area contributed by atoms with Crippen molar-refractivity contribution in [2.24, 2.45) is 5.73 Å². The molecule has 0 bridgehead atoms. The first kappa shape index (κ1) is 16.0. The Balaban J connectivity index is 0.000000581. The maximum Gasteiger partial charge on any atom is 0.0376 e. The number of aryl methyl sites for hydroxylation is 1. The van der Waals surface area contributed by atoms with Crippen LogP contribution in [0.4, 0.5) is 5.69 Å². The van der Waals surface area contributed by atoms with E-state index in [1.165, 1.54) is 22.4 Å². The molecule has 0 radical (unpaired) electrons. The molecule has 0 spiro atoms. The summed E-state index contributed by atoms with van der Waals surface area (Å²) < 4.78 is 0. The van der Waals surface area contributed by atoms with E-state index in [-0.39, 0.29) is 0 Å². The van der Waals surface area contributed by atoms with Crippen LogP contribution < -0.4 is 11.1 Å². The average Bonchev–Trinajstić information content (AvgIpc) is 2.88. The Morgan fingerprint density at radius 2 is 1.76 bits per heavy atom. The van der Waals surface area contributed by atoms with Gasteiger partial charge in [-0.05, 0) is 35.6 Å². The highest BCUT2D eigenvalue weighted by Crippen LogP contribution is 2.26. The Morgan fingerprint density at radius 1 is 1.12 bits per heavy atom. The average molecular weight is 236 g/mol. The second kappa shape index (κ2) is 9.06. The Kier molecular flexibility index (Phi) is 8.51. The summed E-state index contributed by atoms with van der Waals surface area (Å²) >= 11 is 0. The van der Waals surface area contributed by atoms with Crippen molar-refractivity contribution in [3.63, 3.8) is 0 Å². The summed E-state index contributed by atoms with van der Waals surface area (Å²) in [4.78, 5) is 0. The molecule has 1 aliphatic heterocycles. The Morgan fingerprint density at radius 3 is 2.29 bits per heavy atom. The van der Waals surface area contributed by atoms with Crippen LogP contribution in [0.5, 0.6) is 0 Å². The summed E-state index contributed by atoms with van der Waals surface area (Å²) in [6, 6.07) is 4.51. The molecule has 2 nitrogen and oxygen atoms in total. The van der Waals surface area contributed by atoms with E-state index >= 15 is 0 Å².